The Morgan fingerprint density at radius 3 is 2.59 bits per heavy atom. The molecule has 0 unspecified atom stereocenters. The summed E-state index contributed by atoms with van der Waals surface area (Å²) in [7, 11) is 2.05. The number of halogens is 2. The van der Waals surface area contributed by atoms with Gasteiger partial charge in [0.2, 0.25) is 0 Å². The Morgan fingerprint density at radius 1 is 1.12 bits per heavy atom. The van der Waals surface area contributed by atoms with Gasteiger partial charge in [-0.2, -0.15) is 0 Å². The van der Waals surface area contributed by atoms with Gasteiger partial charge in [-0.25, -0.2) is 8.78 Å². The van der Waals surface area contributed by atoms with Crippen molar-refractivity contribution in [3.8, 4) is 5.69 Å². The van der Waals surface area contributed by atoms with Crippen LogP contribution >= 0.6 is 0 Å². The first-order chi connectivity index (χ1) is 16.4. The van der Waals surface area contributed by atoms with Crippen molar-refractivity contribution in [2.75, 3.05) is 20.1 Å². The van der Waals surface area contributed by atoms with Crippen molar-refractivity contribution in [1.29, 1.82) is 0 Å². The van der Waals surface area contributed by atoms with Gasteiger partial charge in [-0.3, -0.25) is 9.36 Å². The molecule has 0 N–H and O–H groups in total. The number of hydrogen-bond acceptors (Lipinski definition) is 4. The van der Waals surface area contributed by atoms with Gasteiger partial charge in [0.25, 0.3) is 5.56 Å². The van der Waals surface area contributed by atoms with Crippen LogP contribution in [0.1, 0.15) is 42.0 Å². The molecule has 2 aromatic carbocycles. The van der Waals surface area contributed by atoms with E-state index in [1.54, 1.807) is 16.8 Å². The molecule has 1 aromatic heterocycles. The summed E-state index contributed by atoms with van der Waals surface area (Å²) in [4.78, 5) is 20.9. The van der Waals surface area contributed by atoms with Gasteiger partial charge in [0.05, 0.1) is 5.69 Å². The molecule has 1 saturated heterocycles. The molecule has 0 amide bonds. The van der Waals surface area contributed by atoms with Crippen LogP contribution in [0.5, 0.6) is 0 Å². The number of likely N-dealkylation sites (tertiary alicyclic amines) is 1. The largest absolute Gasteiger partial charge is 0.392 e. The fraction of sp³-hybridized carbons (Fsp3) is 0.333. The monoisotopic (exact) mass is 465 g/mol. The van der Waals surface area contributed by atoms with Gasteiger partial charge in [-0.1, -0.05) is 30.3 Å². The third kappa shape index (κ3) is 5.09. The van der Waals surface area contributed by atoms with E-state index in [-0.39, 0.29) is 22.9 Å². The average Bonchev–Trinajstić information content (AvgIpc) is 2.82. The van der Waals surface area contributed by atoms with Crippen LogP contribution in [0.3, 0.4) is 0 Å². The van der Waals surface area contributed by atoms with E-state index in [1.807, 2.05) is 32.0 Å². The van der Waals surface area contributed by atoms with Gasteiger partial charge < -0.3 is 9.74 Å². The lowest BCUT2D eigenvalue weighted by Crippen LogP contribution is -2.33. The number of aryl methyl sites for hydroxylation is 2. The summed E-state index contributed by atoms with van der Waals surface area (Å²) < 4.78 is 30.0. The number of oxime groups is 1. The van der Waals surface area contributed by atoms with E-state index in [0.29, 0.717) is 5.56 Å². The lowest BCUT2D eigenvalue weighted by Gasteiger charge is -2.27. The van der Waals surface area contributed by atoms with Crippen LogP contribution in [-0.4, -0.2) is 41.4 Å². The quantitative estimate of drug-likeness (QED) is 0.386. The van der Waals surface area contributed by atoms with E-state index >= 15 is 0 Å². The minimum Gasteiger partial charge on any atom is -0.392 e. The first-order valence-corrected chi connectivity index (χ1v) is 11.6. The molecule has 1 aliphatic rings. The van der Waals surface area contributed by atoms with Gasteiger partial charge in [-0.05, 0) is 62.6 Å². The van der Waals surface area contributed by atoms with Gasteiger partial charge in [0.15, 0.2) is 0 Å². The summed E-state index contributed by atoms with van der Waals surface area (Å²) in [6.07, 6.45) is 3.93. The highest BCUT2D eigenvalue weighted by Crippen LogP contribution is 2.22. The van der Waals surface area contributed by atoms with Crippen molar-refractivity contribution >= 4 is 5.71 Å². The molecule has 1 fully saturated rings. The van der Waals surface area contributed by atoms with Crippen molar-refractivity contribution in [3.05, 3.63) is 99.0 Å². The molecular formula is C27H29F2N3O2. The zero-order valence-electron chi connectivity index (χ0n) is 19.7. The predicted octanol–water partition coefficient (Wildman–Crippen LogP) is 4.85. The standard InChI is InChI=1S/C27H29F2N3O2/c1-4-19-7-5-6-18(2)27(19)32-17-20(8-11-25(32)33)26(23-10-9-21(28)16-24(23)29)30-34-22-12-14-31(3)15-13-22/h5-11,16-17,22H,4,12-15H2,1-3H3. The molecule has 0 spiro atoms. The molecule has 0 aliphatic carbocycles. The number of nitrogens with zero attached hydrogens (tertiary/aromatic N) is 3. The van der Waals surface area contributed by atoms with Crippen molar-refractivity contribution in [3.63, 3.8) is 0 Å². The van der Waals surface area contributed by atoms with Crippen LogP contribution in [-0.2, 0) is 11.3 Å². The topological polar surface area (TPSA) is 46.8 Å². The second kappa shape index (κ2) is 10.3. The lowest BCUT2D eigenvalue weighted by molar-refractivity contribution is 0.0163. The normalized spacial score (nSPS) is 15.5. The van der Waals surface area contributed by atoms with E-state index in [1.165, 1.54) is 18.2 Å². The van der Waals surface area contributed by atoms with E-state index in [0.717, 1.165) is 55.2 Å². The molecule has 7 heteroatoms. The Kier molecular flexibility index (Phi) is 7.22. The number of rotatable bonds is 6. The predicted molar refractivity (Wildman–Crippen MR) is 130 cm³/mol. The molecule has 4 rings (SSSR count). The van der Waals surface area contributed by atoms with Gasteiger partial charge >= 0.3 is 0 Å². The highest BCUT2D eigenvalue weighted by atomic mass is 19.1. The number of para-hydroxylation sites is 1. The average molecular weight is 466 g/mol. The smallest absolute Gasteiger partial charge is 0.255 e. The first-order valence-electron chi connectivity index (χ1n) is 11.6. The highest BCUT2D eigenvalue weighted by Gasteiger charge is 2.21. The number of piperidine rings is 1. The second-order valence-electron chi connectivity index (χ2n) is 8.73. The fourth-order valence-electron chi connectivity index (χ4n) is 4.31. The van der Waals surface area contributed by atoms with Crippen LogP contribution in [0.15, 0.2) is 64.7 Å². The first kappa shape index (κ1) is 23.8. The summed E-state index contributed by atoms with van der Waals surface area (Å²) in [5, 5.41) is 4.35. The van der Waals surface area contributed by atoms with Gasteiger partial charge in [0, 0.05) is 42.5 Å². The summed E-state index contributed by atoms with van der Waals surface area (Å²) >= 11 is 0. The Labute approximate surface area is 198 Å². The maximum Gasteiger partial charge on any atom is 0.255 e. The Morgan fingerprint density at radius 2 is 1.88 bits per heavy atom. The van der Waals surface area contributed by atoms with E-state index in [4.69, 9.17) is 4.84 Å². The summed E-state index contributed by atoms with van der Waals surface area (Å²) in [6.45, 7) is 5.76. The zero-order valence-corrected chi connectivity index (χ0v) is 19.7. The van der Waals surface area contributed by atoms with E-state index in [9.17, 15) is 13.6 Å². The van der Waals surface area contributed by atoms with E-state index in [2.05, 4.69) is 17.1 Å². The Hall–Kier alpha value is -3.32. The Bertz CT molecular complexity index is 1260. The number of pyridine rings is 1. The third-order valence-electron chi connectivity index (χ3n) is 6.27. The molecule has 178 valence electrons. The van der Waals surface area contributed by atoms with Crippen LogP contribution in [0.25, 0.3) is 5.69 Å². The van der Waals surface area contributed by atoms with Crippen molar-refractivity contribution in [2.45, 2.75) is 39.2 Å². The second-order valence-corrected chi connectivity index (χ2v) is 8.73. The van der Waals surface area contributed by atoms with Crippen LogP contribution in [0.4, 0.5) is 8.78 Å². The molecule has 0 atom stereocenters. The minimum atomic E-state index is -0.742. The van der Waals surface area contributed by atoms with Gasteiger partial charge in [0.1, 0.15) is 23.5 Å². The van der Waals surface area contributed by atoms with Crippen LogP contribution < -0.4 is 5.56 Å². The molecular weight excluding hydrogens is 436 g/mol. The Balaban J connectivity index is 1.81. The molecule has 0 saturated carbocycles. The molecule has 3 aromatic rings. The summed E-state index contributed by atoms with van der Waals surface area (Å²) in [5.41, 5.74) is 3.40. The molecule has 1 aliphatic heterocycles. The van der Waals surface area contributed by atoms with Crippen molar-refractivity contribution in [1.82, 2.24) is 9.47 Å². The van der Waals surface area contributed by atoms with Crippen molar-refractivity contribution in [2.24, 2.45) is 5.16 Å². The third-order valence-corrected chi connectivity index (χ3v) is 6.27. The SMILES string of the molecule is CCc1cccc(C)c1-n1cc(C(=NOC2CCN(C)CC2)c2ccc(F)cc2F)ccc1=O. The number of aromatic nitrogens is 1. The van der Waals surface area contributed by atoms with Crippen molar-refractivity contribution < 1.29 is 13.6 Å². The maximum absolute atomic E-state index is 14.8. The summed E-state index contributed by atoms with van der Waals surface area (Å²) in [5.74, 6) is -1.41. The van der Waals surface area contributed by atoms with E-state index < -0.39 is 11.6 Å². The maximum atomic E-state index is 14.8. The highest BCUT2D eigenvalue weighted by molar-refractivity contribution is 6.12. The van der Waals surface area contributed by atoms with Gasteiger partial charge in [-0.15, -0.1) is 0 Å². The fourth-order valence-corrected chi connectivity index (χ4v) is 4.31. The lowest BCUT2D eigenvalue weighted by atomic mass is 10.0. The molecule has 5 nitrogen and oxygen atoms in total. The molecule has 34 heavy (non-hydrogen) atoms. The zero-order chi connectivity index (χ0) is 24.2. The van der Waals surface area contributed by atoms with Crippen LogP contribution in [0, 0.1) is 18.6 Å². The molecule has 0 bridgehead atoms. The minimum absolute atomic E-state index is 0.0938. The number of hydrogen-bond donors (Lipinski definition) is 0. The molecule has 2 heterocycles. The summed E-state index contributed by atoms with van der Waals surface area (Å²) in [6, 6.07) is 12.3. The number of benzene rings is 2. The van der Waals surface area contributed by atoms with Crippen LogP contribution in [0.2, 0.25) is 0 Å². The molecule has 0 radical (unpaired) electrons.